The molecule has 112 valence electrons. The number of benzene rings is 1. The van der Waals surface area contributed by atoms with Crippen molar-refractivity contribution in [2.24, 2.45) is 0 Å². The molecule has 1 aromatic rings. The highest BCUT2D eigenvalue weighted by Gasteiger charge is 2.22. The van der Waals surface area contributed by atoms with Crippen molar-refractivity contribution in [3.05, 3.63) is 23.8 Å². The van der Waals surface area contributed by atoms with Crippen molar-refractivity contribution in [2.45, 2.75) is 30.4 Å². The molecule has 2 atom stereocenters. The summed E-state index contributed by atoms with van der Waals surface area (Å²) < 4.78 is 17.3. The Labute approximate surface area is 122 Å². The van der Waals surface area contributed by atoms with Crippen molar-refractivity contribution in [2.75, 3.05) is 26.0 Å². The average Bonchev–Trinajstić information content (AvgIpc) is 2.42. The van der Waals surface area contributed by atoms with E-state index in [1.807, 2.05) is 13.0 Å². The molecule has 0 radical (unpaired) electrons. The van der Waals surface area contributed by atoms with Crippen LogP contribution in [0.3, 0.4) is 0 Å². The van der Waals surface area contributed by atoms with Crippen molar-refractivity contribution < 1.29 is 13.7 Å². The van der Waals surface area contributed by atoms with Gasteiger partial charge in [0, 0.05) is 25.9 Å². The number of nitrogens with two attached hydrogens (primary N) is 1. The smallest absolute Gasteiger partial charge is 0.235 e. The van der Waals surface area contributed by atoms with E-state index in [0.29, 0.717) is 23.7 Å². The molecule has 20 heavy (non-hydrogen) atoms. The summed E-state index contributed by atoms with van der Waals surface area (Å²) in [7, 11) is 0.157. The molecule has 1 rings (SSSR count). The number of carbonyl (C=O) groups excluding carboxylic acids is 1. The monoisotopic (exact) mass is 298 g/mol. The molecule has 0 bridgehead atoms. The fourth-order valence-corrected chi connectivity index (χ4v) is 2.86. The number of aryl methyl sites for hydroxylation is 1. The van der Waals surface area contributed by atoms with E-state index < -0.39 is 16.0 Å². The highest BCUT2D eigenvalue weighted by atomic mass is 32.2. The third kappa shape index (κ3) is 4.61. The number of hydrogen-bond donors (Lipinski definition) is 2. The van der Waals surface area contributed by atoms with Crippen LogP contribution in [0.2, 0.25) is 0 Å². The number of ether oxygens (including phenoxy) is 1. The van der Waals surface area contributed by atoms with Crippen molar-refractivity contribution in [1.29, 1.82) is 0 Å². The highest BCUT2D eigenvalue weighted by molar-refractivity contribution is 7.86. The largest absolute Gasteiger partial charge is 0.398 e. The van der Waals surface area contributed by atoms with Crippen LogP contribution in [0.5, 0.6) is 0 Å². The van der Waals surface area contributed by atoms with Gasteiger partial charge in [-0.25, -0.2) is 0 Å². The third-order valence-electron chi connectivity index (χ3n) is 2.90. The molecular formula is C14H22N2O3S. The maximum atomic E-state index is 12.4. The first kappa shape index (κ1) is 16.7. The van der Waals surface area contributed by atoms with Gasteiger partial charge in [0.2, 0.25) is 5.91 Å². The Hall–Kier alpha value is -1.40. The first-order chi connectivity index (χ1) is 9.47. The lowest BCUT2D eigenvalue weighted by molar-refractivity contribution is -0.120. The molecule has 0 saturated heterocycles. The van der Waals surface area contributed by atoms with Gasteiger partial charge in [-0.3, -0.25) is 9.00 Å². The number of rotatable bonds is 7. The fraction of sp³-hybridized carbons (Fsp3) is 0.500. The number of hydrogen-bond acceptors (Lipinski definition) is 4. The van der Waals surface area contributed by atoms with Gasteiger partial charge in [0.05, 0.1) is 15.7 Å². The zero-order valence-corrected chi connectivity index (χ0v) is 13.0. The van der Waals surface area contributed by atoms with Gasteiger partial charge in [0.15, 0.2) is 0 Å². The Morgan fingerprint density at radius 3 is 2.80 bits per heavy atom. The Kier molecular flexibility index (Phi) is 6.67. The topological polar surface area (TPSA) is 81.4 Å². The number of amides is 1. The zero-order chi connectivity index (χ0) is 15.1. The summed E-state index contributed by atoms with van der Waals surface area (Å²) in [6.45, 7) is 4.65. The summed E-state index contributed by atoms with van der Waals surface area (Å²) in [5.41, 5.74) is 7.32. The van der Waals surface area contributed by atoms with Crippen molar-refractivity contribution in [3.8, 4) is 0 Å². The fourth-order valence-electron chi connectivity index (χ4n) is 1.71. The van der Waals surface area contributed by atoms with Gasteiger partial charge in [-0.2, -0.15) is 0 Å². The van der Waals surface area contributed by atoms with Crippen LogP contribution in [0.25, 0.3) is 0 Å². The van der Waals surface area contributed by atoms with Gasteiger partial charge in [0.1, 0.15) is 5.25 Å². The van der Waals surface area contributed by atoms with E-state index in [4.69, 9.17) is 10.5 Å². The van der Waals surface area contributed by atoms with Gasteiger partial charge in [0.25, 0.3) is 0 Å². The maximum absolute atomic E-state index is 12.4. The van der Waals surface area contributed by atoms with Gasteiger partial charge < -0.3 is 15.8 Å². The summed E-state index contributed by atoms with van der Waals surface area (Å²) in [5.74, 6) is -0.237. The SMILES string of the molecule is COCCCNC(=O)C(C)S(=O)c1ccc(C)cc1N. The summed E-state index contributed by atoms with van der Waals surface area (Å²) in [6, 6.07) is 5.32. The Balaban J connectivity index is 2.64. The van der Waals surface area contributed by atoms with Crippen LogP contribution < -0.4 is 11.1 Å². The number of nitrogen functional groups attached to an aromatic ring is 1. The van der Waals surface area contributed by atoms with Crippen LogP contribution in [-0.2, 0) is 20.3 Å². The number of nitrogens with one attached hydrogen (secondary N) is 1. The summed E-state index contributed by atoms with van der Waals surface area (Å²) in [4.78, 5) is 12.4. The van der Waals surface area contributed by atoms with E-state index in [2.05, 4.69) is 5.32 Å². The van der Waals surface area contributed by atoms with E-state index in [0.717, 1.165) is 12.0 Å². The van der Waals surface area contributed by atoms with Gasteiger partial charge in [-0.15, -0.1) is 0 Å². The standard InChI is InChI=1S/C14H22N2O3S/c1-10-5-6-13(12(15)9-10)20(18)11(2)14(17)16-7-4-8-19-3/h5-6,9,11H,4,7-8,15H2,1-3H3,(H,16,17). The summed E-state index contributed by atoms with van der Waals surface area (Å²) in [5, 5.41) is 2.11. The minimum atomic E-state index is -1.45. The number of methoxy groups -OCH3 is 1. The van der Waals surface area contributed by atoms with Gasteiger partial charge in [-0.05, 0) is 38.0 Å². The molecule has 0 aliphatic rings. The maximum Gasteiger partial charge on any atom is 0.235 e. The average molecular weight is 298 g/mol. The van der Waals surface area contributed by atoms with Crippen LogP contribution in [0, 0.1) is 6.92 Å². The molecule has 5 nitrogen and oxygen atoms in total. The predicted molar refractivity (Wildman–Crippen MR) is 81.0 cm³/mol. The van der Waals surface area contributed by atoms with Crippen LogP contribution in [-0.4, -0.2) is 35.6 Å². The molecule has 0 heterocycles. The molecule has 0 fully saturated rings. The molecule has 0 spiro atoms. The normalized spacial score (nSPS) is 13.8. The number of anilines is 1. The molecule has 0 aromatic heterocycles. The van der Waals surface area contributed by atoms with Crippen LogP contribution in [0.1, 0.15) is 18.9 Å². The second-order valence-electron chi connectivity index (χ2n) is 4.62. The minimum absolute atomic E-state index is 0.237. The molecule has 3 N–H and O–H groups in total. The molecular weight excluding hydrogens is 276 g/mol. The van der Waals surface area contributed by atoms with E-state index in [-0.39, 0.29) is 5.91 Å². The second kappa shape index (κ2) is 8.01. The van der Waals surface area contributed by atoms with Gasteiger partial charge in [-0.1, -0.05) is 6.07 Å². The Morgan fingerprint density at radius 1 is 1.50 bits per heavy atom. The highest BCUT2D eigenvalue weighted by Crippen LogP contribution is 2.20. The first-order valence-electron chi connectivity index (χ1n) is 6.50. The van der Waals surface area contributed by atoms with Crippen LogP contribution >= 0.6 is 0 Å². The van der Waals surface area contributed by atoms with Gasteiger partial charge >= 0.3 is 0 Å². The summed E-state index contributed by atoms with van der Waals surface area (Å²) >= 11 is 0. The first-order valence-corrected chi connectivity index (χ1v) is 7.72. The molecule has 1 amide bonds. The van der Waals surface area contributed by atoms with Crippen molar-refractivity contribution in [3.63, 3.8) is 0 Å². The van der Waals surface area contributed by atoms with Crippen LogP contribution in [0.15, 0.2) is 23.1 Å². The lowest BCUT2D eigenvalue weighted by Gasteiger charge is -2.13. The van der Waals surface area contributed by atoms with Crippen molar-refractivity contribution in [1.82, 2.24) is 5.32 Å². The van der Waals surface area contributed by atoms with E-state index in [9.17, 15) is 9.00 Å². The molecule has 0 aliphatic carbocycles. The third-order valence-corrected chi connectivity index (χ3v) is 4.56. The van der Waals surface area contributed by atoms with Crippen molar-refractivity contribution >= 4 is 22.4 Å². The molecule has 1 aromatic carbocycles. The molecule has 2 unspecified atom stereocenters. The quantitative estimate of drug-likeness (QED) is 0.586. The van der Waals surface area contributed by atoms with Crippen LogP contribution in [0.4, 0.5) is 5.69 Å². The second-order valence-corrected chi connectivity index (χ2v) is 6.36. The number of carbonyl (C=O) groups is 1. The van der Waals surface area contributed by atoms with E-state index in [1.165, 1.54) is 0 Å². The Bertz CT molecular complexity index is 491. The molecule has 0 saturated carbocycles. The molecule has 0 aliphatic heterocycles. The van der Waals surface area contributed by atoms with E-state index >= 15 is 0 Å². The van der Waals surface area contributed by atoms with E-state index in [1.54, 1.807) is 26.2 Å². The lowest BCUT2D eigenvalue weighted by Crippen LogP contribution is -2.36. The molecule has 6 heteroatoms. The Morgan fingerprint density at radius 2 is 2.20 bits per heavy atom. The summed E-state index contributed by atoms with van der Waals surface area (Å²) in [6.07, 6.45) is 0.730. The zero-order valence-electron chi connectivity index (χ0n) is 12.1. The lowest BCUT2D eigenvalue weighted by atomic mass is 10.2. The predicted octanol–water partition coefficient (Wildman–Crippen LogP) is 1.23. The minimum Gasteiger partial charge on any atom is -0.398 e.